The molecule has 6 heteroatoms. The molecule has 0 saturated heterocycles. The van der Waals surface area contributed by atoms with Gasteiger partial charge in [0.05, 0.1) is 5.69 Å². The summed E-state index contributed by atoms with van der Waals surface area (Å²) in [5.74, 6) is -1.24. The quantitative estimate of drug-likeness (QED) is 0.550. The fraction of sp³-hybridized carbons (Fsp3) is 0.143. The van der Waals surface area contributed by atoms with Gasteiger partial charge in [-0.05, 0) is 30.2 Å². The lowest BCUT2D eigenvalue weighted by Crippen LogP contribution is -2.22. The maximum atomic E-state index is 12.4. The van der Waals surface area contributed by atoms with Gasteiger partial charge in [-0.1, -0.05) is 57.9 Å². The summed E-state index contributed by atoms with van der Waals surface area (Å²) >= 11 is 4.73. The van der Waals surface area contributed by atoms with Crippen molar-refractivity contribution in [2.45, 2.75) is 19.3 Å². The number of amides is 1. The molecule has 1 aromatic heterocycles. The normalized spacial score (nSPS) is 15.9. The molecule has 4 rings (SSSR count). The highest BCUT2D eigenvalue weighted by Gasteiger charge is 2.34. The Bertz CT molecular complexity index is 1060. The summed E-state index contributed by atoms with van der Waals surface area (Å²) in [4.78, 5) is 25.5. The second-order valence-corrected chi connectivity index (χ2v) is 8.54. The molecule has 0 aliphatic carbocycles. The van der Waals surface area contributed by atoms with Gasteiger partial charge in [-0.25, -0.2) is 4.79 Å². The minimum Gasteiger partial charge on any atom is -0.477 e. The van der Waals surface area contributed by atoms with E-state index in [-0.39, 0.29) is 16.7 Å². The Morgan fingerprint density at radius 1 is 1.22 bits per heavy atom. The number of rotatable bonds is 3. The van der Waals surface area contributed by atoms with Crippen LogP contribution in [0.1, 0.15) is 38.0 Å². The maximum absolute atomic E-state index is 12.4. The van der Waals surface area contributed by atoms with Gasteiger partial charge in [0, 0.05) is 27.3 Å². The van der Waals surface area contributed by atoms with Crippen LogP contribution in [0.25, 0.3) is 11.1 Å². The highest BCUT2D eigenvalue weighted by Crippen LogP contribution is 2.49. The molecule has 27 heavy (non-hydrogen) atoms. The van der Waals surface area contributed by atoms with Crippen LogP contribution < -0.4 is 5.32 Å². The second kappa shape index (κ2) is 6.94. The van der Waals surface area contributed by atoms with Crippen molar-refractivity contribution in [1.29, 1.82) is 0 Å². The van der Waals surface area contributed by atoms with Gasteiger partial charge < -0.3 is 10.4 Å². The fourth-order valence-electron chi connectivity index (χ4n) is 3.43. The third-order valence-electron chi connectivity index (χ3n) is 4.69. The largest absolute Gasteiger partial charge is 0.477 e. The molecule has 3 aromatic rings. The molecule has 1 aliphatic heterocycles. The van der Waals surface area contributed by atoms with Crippen molar-refractivity contribution in [3.05, 3.63) is 73.9 Å². The number of benzene rings is 2. The van der Waals surface area contributed by atoms with Gasteiger partial charge in [-0.3, -0.25) is 4.79 Å². The highest BCUT2D eigenvalue weighted by molar-refractivity contribution is 9.10. The van der Waals surface area contributed by atoms with E-state index in [4.69, 9.17) is 0 Å². The number of hydrogen-bond donors (Lipinski definition) is 2. The Kier molecular flexibility index (Phi) is 4.61. The van der Waals surface area contributed by atoms with E-state index < -0.39 is 5.97 Å². The fourth-order valence-corrected chi connectivity index (χ4v) is 5.09. The SMILES string of the molecule is Cc1ccc(-c2c(C(=O)O)sc3c2NC(=O)C[C@@H]3c2cccc(Br)c2)cc1. The Morgan fingerprint density at radius 3 is 2.63 bits per heavy atom. The van der Waals surface area contributed by atoms with E-state index in [1.807, 2.05) is 55.5 Å². The van der Waals surface area contributed by atoms with E-state index in [0.717, 1.165) is 26.0 Å². The van der Waals surface area contributed by atoms with Crippen molar-refractivity contribution < 1.29 is 14.7 Å². The first-order chi connectivity index (χ1) is 12.9. The number of halogens is 1. The van der Waals surface area contributed by atoms with Crippen molar-refractivity contribution in [2.24, 2.45) is 0 Å². The number of aromatic carboxylic acids is 1. The van der Waals surface area contributed by atoms with Crippen LogP contribution in [0, 0.1) is 6.92 Å². The third-order valence-corrected chi connectivity index (χ3v) is 6.48. The summed E-state index contributed by atoms with van der Waals surface area (Å²) in [6.45, 7) is 1.98. The molecule has 2 N–H and O–H groups in total. The Morgan fingerprint density at radius 2 is 1.96 bits per heavy atom. The first-order valence-corrected chi connectivity index (χ1v) is 10.1. The zero-order chi connectivity index (χ0) is 19.1. The summed E-state index contributed by atoms with van der Waals surface area (Å²) in [6.07, 6.45) is 0.302. The number of anilines is 1. The van der Waals surface area contributed by atoms with Gasteiger partial charge >= 0.3 is 5.97 Å². The number of carboxylic acids is 1. The summed E-state index contributed by atoms with van der Waals surface area (Å²) < 4.78 is 0.932. The average molecular weight is 442 g/mol. The van der Waals surface area contributed by atoms with E-state index in [1.165, 1.54) is 11.3 Å². The number of nitrogens with one attached hydrogen (secondary N) is 1. The van der Waals surface area contributed by atoms with Crippen LogP contribution in [0.15, 0.2) is 53.0 Å². The van der Waals surface area contributed by atoms with Gasteiger partial charge in [-0.15, -0.1) is 11.3 Å². The van der Waals surface area contributed by atoms with E-state index in [1.54, 1.807) is 0 Å². The number of hydrogen-bond acceptors (Lipinski definition) is 3. The van der Waals surface area contributed by atoms with E-state index >= 15 is 0 Å². The summed E-state index contributed by atoms with van der Waals surface area (Å²) in [5.41, 5.74) is 4.11. The van der Waals surface area contributed by atoms with Crippen LogP contribution in [0.5, 0.6) is 0 Å². The molecule has 2 heterocycles. The van der Waals surface area contributed by atoms with E-state index in [2.05, 4.69) is 21.2 Å². The van der Waals surface area contributed by atoms with Crippen LogP contribution in [-0.2, 0) is 4.79 Å². The zero-order valence-electron chi connectivity index (χ0n) is 14.5. The average Bonchev–Trinajstić information content (AvgIpc) is 3.01. The molecular weight excluding hydrogens is 426 g/mol. The van der Waals surface area contributed by atoms with Crippen LogP contribution in [0.4, 0.5) is 5.69 Å². The van der Waals surface area contributed by atoms with Gasteiger partial charge in [0.15, 0.2) is 0 Å². The standard InChI is InChI=1S/C21H16BrNO3S/c1-11-5-7-12(8-6-11)17-18-19(27-20(17)21(25)26)15(10-16(24)23-18)13-3-2-4-14(22)9-13/h2-9,15H,10H2,1H3,(H,23,24)(H,25,26)/t15-/m1/s1. The molecule has 1 aliphatic rings. The molecule has 0 unspecified atom stereocenters. The van der Waals surface area contributed by atoms with Crippen molar-refractivity contribution in [2.75, 3.05) is 5.32 Å². The van der Waals surface area contributed by atoms with E-state index in [0.29, 0.717) is 17.7 Å². The molecule has 0 bridgehead atoms. The lowest BCUT2D eigenvalue weighted by atomic mass is 9.88. The maximum Gasteiger partial charge on any atom is 0.346 e. The number of carboxylic acid groups (broad SMARTS) is 1. The number of thiophene rings is 1. The van der Waals surface area contributed by atoms with Gasteiger partial charge in [-0.2, -0.15) is 0 Å². The predicted octanol–water partition coefficient (Wildman–Crippen LogP) is 5.66. The van der Waals surface area contributed by atoms with Crippen molar-refractivity contribution in [3.8, 4) is 11.1 Å². The molecular formula is C21H16BrNO3S. The van der Waals surface area contributed by atoms with Crippen LogP contribution in [-0.4, -0.2) is 17.0 Å². The molecule has 0 radical (unpaired) electrons. The topological polar surface area (TPSA) is 66.4 Å². The lowest BCUT2D eigenvalue weighted by molar-refractivity contribution is -0.116. The van der Waals surface area contributed by atoms with Crippen molar-refractivity contribution in [1.82, 2.24) is 0 Å². The zero-order valence-corrected chi connectivity index (χ0v) is 16.9. The molecule has 2 aromatic carbocycles. The number of carbonyl (C=O) groups is 2. The van der Waals surface area contributed by atoms with Crippen molar-refractivity contribution in [3.63, 3.8) is 0 Å². The highest BCUT2D eigenvalue weighted by atomic mass is 79.9. The van der Waals surface area contributed by atoms with Crippen molar-refractivity contribution >= 4 is 44.8 Å². The molecule has 0 fully saturated rings. The molecule has 1 atom stereocenters. The second-order valence-electron chi connectivity index (χ2n) is 6.58. The lowest BCUT2D eigenvalue weighted by Gasteiger charge is -2.24. The Balaban J connectivity index is 1.94. The number of carbonyl (C=O) groups excluding carboxylic acids is 1. The molecule has 4 nitrogen and oxygen atoms in total. The van der Waals surface area contributed by atoms with Crippen LogP contribution >= 0.6 is 27.3 Å². The summed E-state index contributed by atoms with van der Waals surface area (Å²) in [7, 11) is 0. The first-order valence-electron chi connectivity index (χ1n) is 8.46. The van der Waals surface area contributed by atoms with Crippen LogP contribution in [0.3, 0.4) is 0 Å². The Hall–Kier alpha value is -2.44. The molecule has 0 spiro atoms. The molecule has 136 valence electrons. The smallest absolute Gasteiger partial charge is 0.346 e. The predicted molar refractivity (Wildman–Crippen MR) is 111 cm³/mol. The minimum atomic E-state index is -0.979. The third kappa shape index (κ3) is 3.31. The molecule has 0 saturated carbocycles. The monoisotopic (exact) mass is 441 g/mol. The van der Waals surface area contributed by atoms with E-state index in [9.17, 15) is 14.7 Å². The van der Waals surface area contributed by atoms with Gasteiger partial charge in [0.25, 0.3) is 0 Å². The summed E-state index contributed by atoms with van der Waals surface area (Å²) in [5, 5.41) is 12.7. The Labute approximate surface area is 169 Å². The molecule has 1 amide bonds. The first kappa shape index (κ1) is 17.9. The van der Waals surface area contributed by atoms with Gasteiger partial charge in [0.1, 0.15) is 4.88 Å². The number of aryl methyl sites for hydroxylation is 1. The van der Waals surface area contributed by atoms with Crippen LogP contribution in [0.2, 0.25) is 0 Å². The summed E-state index contributed by atoms with van der Waals surface area (Å²) in [6, 6.07) is 15.5. The number of fused-ring (bicyclic) bond motifs is 1. The minimum absolute atomic E-state index is 0.101. The van der Waals surface area contributed by atoms with Gasteiger partial charge in [0.2, 0.25) is 5.91 Å².